The molecule has 1 heterocycles. The minimum Gasteiger partial charge on any atom is -0.385 e. The van der Waals surface area contributed by atoms with Crippen LogP contribution in [0.25, 0.3) is 0 Å². The van der Waals surface area contributed by atoms with Gasteiger partial charge in [0.1, 0.15) is 17.6 Å². The average Bonchev–Trinajstić information content (AvgIpc) is 2.15. The van der Waals surface area contributed by atoms with Crippen LogP contribution in [0.4, 0.5) is 5.82 Å². The molecule has 0 aliphatic heterocycles. The summed E-state index contributed by atoms with van der Waals surface area (Å²) < 4.78 is 1.64. The highest BCUT2D eigenvalue weighted by atomic mass is 15.0. The molecule has 1 rings (SSSR count). The highest BCUT2D eigenvalue weighted by molar-refractivity contribution is 5.38. The second kappa shape index (κ2) is 1.82. The molecule has 0 fully saturated rings. The number of nitrogen functional groups attached to an aromatic ring is 1. The van der Waals surface area contributed by atoms with E-state index < -0.39 is 0 Å². The van der Waals surface area contributed by atoms with Crippen LogP contribution in [-0.4, -0.2) is 4.57 Å². The lowest BCUT2D eigenvalue weighted by Crippen LogP contribution is -1.97. The third-order valence-corrected chi connectivity index (χ3v) is 1.28. The molecule has 1 aromatic heterocycles. The maximum Gasteiger partial charge on any atom is 0.121 e. The van der Waals surface area contributed by atoms with Crippen molar-refractivity contribution in [3.63, 3.8) is 0 Å². The summed E-state index contributed by atoms with van der Waals surface area (Å²) in [5.74, 6) is 0.617. The number of nitrogens with zero attached hydrogens (tertiary/aromatic N) is 2. The van der Waals surface area contributed by atoms with Crippen molar-refractivity contribution >= 4 is 5.82 Å². The van der Waals surface area contributed by atoms with Crippen LogP contribution in [0.2, 0.25) is 0 Å². The predicted octanol–water partition coefficient (Wildman–Crippen LogP) is 0.479. The van der Waals surface area contributed by atoms with Gasteiger partial charge in [0.2, 0.25) is 0 Å². The third kappa shape index (κ3) is 0.745. The minimum absolute atomic E-state index is 0.590. The Hall–Kier alpha value is -1.43. The van der Waals surface area contributed by atoms with Gasteiger partial charge in [-0.2, -0.15) is 5.26 Å². The van der Waals surface area contributed by atoms with E-state index in [1.54, 1.807) is 23.7 Å². The van der Waals surface area contributed by atoms with Crippen molar-refractivity contribution in [3.8, 4) is 6.07 Å². The SMILES string of the molecule is Cn1c(N)ccc1C#N. The molecule has 0 amide bonds. The van der Waals surface area contributed by atoms with E-state index in [1.807, 2.05) is 6.07 Å². The normalized spacial score (nSPS) is 8.89. The zero-order chi connectivity index (χ0) is 6.85. The number of hydrogen-bond donors (Lipinski definition) is 1. The van der Waals surface area contributed by atoms with Crippen molar-refractivity contribution in [2.45, 2.75) is 0 Å². The Morgan fingerprint density at radius 1 is 1.67 bits per heavy atom. The molecule has 3 nitrogen and oxygen atoms in total. The fourth-order valence-corrected chi connectivity index (χ4v) is 0.639. The van der Waals surface area contributed by atoms with Gasteiger partial charge in [-0.05, 0) is 12.1 Å². The van der Waals surface area contributed by atoms with E-state index in [0.717, 1.165) is 0 Å². The average molecular weight is 121 g/mol. The molecule has 0 aliphatic carbocycles. The molecule has 0 radical (unpaired) electrons. The molecule has 0 saturated heterocycles. The Bertz CT molecular complexity index is 254. The first-order chi connectivity index (χ1) is 4.25. The lowest BCUT2D eigenvalue weighted by atomic mass is 10.5. The molecule has 3 heteroatoms. The number of nitriles is 1. The van der Waals surface area contributed by atoms with Crippen LogP contribution in [0.15, 0.2) is 12.1 Å². The van der Waals surface area contributed by atoms with Gasteiger partial charge in [0.15, 0.2) is 0 Å². The molecule has 0 aliphatic rings. The van der Waals surface area contributed by atoms with Crippen LogP contribution < -0.4 is 5.73 Å². The van der Waals surface area contributed by atoms with Gasteiger partial charge >= 0.3 is 0 Å². The van der Waals surface area contributed by atoms with Gasteiger partial charge in [-0.25, -0.2) is 0 Å². The fourth-order valence-electron chi connectivity index (χ4n) is 0.639. The number of nitrogens with two attached hydrogens (primary N) is 1. The van der Waals surface area contributed by atoms with Gasteiger partial charge in [-0.3, -0.25) is 0 Å². The molecule has 46 valence electrons. The number of hydrogen-bond acceptors (Lipinski definition) is 2. The van der Waals surface area contributed by atoms with Crippen molar-refractivity contribution in [1.29, 1.82) is 5.26 Å². The summed E-state index contributed by atoms with van der Waals surface area (Å²) in [5.41, 5.74) is 6.02. The molecule has 2 N–H and O–H groups in total. The first kappa shape index (κ1) is 5.70. The van der Waals surface area contributed by atoms with E-state index in [2.05, 4.69) is 0 Å². The second-order valence-corrected chi connectivity index (χ2v) is 1.81. The zero-order valence-corrected chi connectivity index (χ0v) is 5.13. The summed E-state index contributed by atoms with van der Waals surface area (Å²) in [6.07, 6.45) is 0. The van der Waals surface area contributed by atoms with Crippen LogP contribution in [0.1, 0.15) is 5.69 Å². The lowest BCUT2D eigenvalue weighted by Gasteiger charge is -1.94. The number of anilines is 1. The Morgan fingerprint density at radius 3 is 2.56 bits per heavy atom. The fraction of sp³-hybridized carbons (Fsp3) is 0.167. The lowest BCUT2D eigenvalue weighted by molar-refractivity contribution is 0.921. The van der Waals surface area contributed by atoms with Crippen LogP contribution in [0, 0.1) is 11.3 Å². The summed E-state index contributed by atoms with van der Waals surface area (Å²) in [4.78, 5) is 0. The van der Waals surface area contributed by atoms with Crippen molar-refractivity contribution in [2.24, 2.45) is 7.05 Å². The maximum atomic E-state index is 8.41. The van der Waals surface area contributed by atoms with Gasteiger partial charge in [-0.15, -0.1) is 0 Å². The Balaban J connectivity index is 3.24. The van der Waals surface area contributed by atoms with Gasteiger partial charge in [0.05, 0.1) is 0 Å². The number of rotatable bonds is 0. The van der Waals surface area contributed by atoms with E-state index in [0.29, 0.717) is 11.5 Å². The Morgan fingerprint density at radius 2 is 2.33 bits per heavy atom. The predicted molar refractivity (Wildman–Crippen MR) is 34.5 cm³/mol. The van der Waals surface area contributed by atoms with E-state index in [1.165, 1.54) is 0 Å². The molecule has 0 bridgehead atoms. The molecule has 0 spiro atoms. The Kier molecular flexibility index (Phi) is 1.16. The van der Waals surface area contributed by atoms with Crippen molar-refractivity contribution in [2.75, 3.05) is 5.73 Å². The van der Waals surface area contributed by atoms with E-state index >= 15 is 0 Å². The summed E-state index contributed by atoms with van der Waals surface area (Å²) in [5, 5.41) is 8.41. The molecule has 1 aromatic rings. The highest BCUT2D eigenvalue weighted by Gasteiger charge is 1.96. The smallest absolute Gasteiger partial charge is 0.121 e. The minimum atomic E-state index is 0.590. The van der Waals surface area contributed by atoms with Crippen molar-refractivity contribution in [1.82, 2.24) is 4.57 Å². The highest BCUT2D eigenvalue weighted by Crippen LogP contribution is 2.05. The quantitative estimate of drug-likeness (QED) is 0.542. The molecule has 0 saturated carbocycles. The monoisotopic (exact) mass is 121 g/mol. The molecule has 9 heavy (non-hydrogen) atoms. The van der Waals surface area contributed by atoms with Crippen molar-refractivity contribution < 1.29 is 0 Å². The first-order valence-corrected chi connectivity index (χ1v) is 2.57. The van der Waals surface area contributed by atoms with E-state index in [4.69, 9.17) is 11.0 Å². The van der Waals surface area contributed by atoms with Crippen LogP contribution >= 0.6 is 0 Å². The third-order valence-electron chi connectivity index (χ3n) is 1.28. The standard InChI is InChI=1S/C6H7N3/c1-9-5(4-7)2-3-6(9)8/h2-3H,8H2,1H3. The summed E-state index contributed by atoms with van der Waals surface area (Å²) in [6.45, 7) is 0. The zero-order valence-electron chi connectivity index (χ0n) is 5.13. The van der Waals surface area contributed by atoms with Crippen LogP contribution in [0.5, 0.6) is 0 Å². The molecular formula is C6H7N3. The molecular weight excluding hydrogens is 114 g/mol. The van der Waals surface area contributed by atoms with E-state index in [-0.39, 0.29) is 0 Å². The van der Waals surface area contributed by atoms with Crippen LogP contribution in [0.3, 0.4) is 0 Å². The second-order valence-electron chi connectivity index (χ2n) is 1.81. The number of aromatic nitrogens is 1. The summed E-state index contributed by atoms with van der Waals surface area (Å²) >= 11 is 0. The summed E-state index contributed by atoms with van der Waals surface area (Å²) in [6, 6.07) is 5.40. The molecule has 0 aromatic carbocycles. The van der Waals surface area contributed by atoms with Crippen LogP contribution in [-0.2, 0) is 7.05 Å². The van der Waals surface area contributed by atoms with E-state index in [9.17, 15) is 0 Å². The Labute approximate surface area is 53.3 Å². The van der Waals surface area contributed by atoms with Gasteiger partial charge in [0.25, 0.3) is 0 Å². The maximum absolute atomic E-state index is 8.41. The molecule has 0 atom stereocenters. The molecule has 0 unspecified atom stereocenters. The first-order valence-electron chi connectivity index (χ1n) is 2.57. The van der Waals surface area contributed by atoms with Gasteiger partial charge < -0.3 is 10.3 Å². The van der Waals surface area contributed by atoms with Crippen molar-refractivity contribution in [3.05, 3.63) is 17.8 Å². The van der Waals surface area contributed by atoms with Gasteiger partial charge in [0, 0.05) is 7.05 Å². The largest absolute Gasteiger partial charge is 0.385 e. The summed E-state index contributed by atoms with van der Waals surface area (Å²) in [7, 11) is 1.76. The van der Waals surface area contributed by atoms with Gasteiger partial charge in [-0.1, -0.05) is 0 Å². The topological polar surface area (TPSA) is 54.7 Å².